The number of hydrogen-bond donors (Lipinski definition) is 1. The van der Waals surface area contributed by atoms with Crippen LogP contribution in [0.15, 0.2) is 11.6 Å². The Hall–Kier alpha value is -0.960. The molecule has 7 unspecified atom stereocenters. The summed E-state index contributed by atoms with van der Waals surface area (Å²) in [6.45, 7) is 5.78. The summed E-state index contributed by atoms with van der Waals surface area (Å²) in [5.41, 5.74) is 1.56. The summed E-state index contributed by atoms with van der Waals surface area (Å²) in [4.78, 5) is 25.5. The molecule has 1 heterocycles. The van der Waals surface area contributed by atoms with Gasteiger partial charge < -0.3 is 5.32 Å². The van der Waals surface area contributed by atoms with Gasteiger partial charge in [0.05, 0.1) is 0 Å². The van der Waals surface area contributed by atoms with E-state index in [1.807, 2.05) is 0 Å². The lowest BCUT2D eigenvalue weighted by atomic mass is 9.47. The van der Waals surface area contributed by atoms with Gasteiger partial charge in [-0.1, -0.05) is 25.5 Å². The highest BCUT2D eigenvalue weighted by atomic mass is 16.1. The molecule has 3 nitrogen and oxygen atoms in total. The highest BCUT2D eigenvalue weighted by molar-refractivity contribution is 5.87. The Balaban J connectivity index is 1.47. The molecule has 26 heavy (non-hydrogen) atoms. The van der Waals surface area contributed by atoms with Crippen LogP contribution in [0.4, 0.5) is 0 Å². The molecule has 7 atom stereocenters. The second kappa shape index (κ2) is 5.77. The van der Waals surface area contributed by atoms with Gasteiger partial charge in [0.2, 0.25) is 0 Å². The molecule has 1 aliphatic heterocycles. The lowest BCUT2D eigenvalue weighted by Gasteiger charge is -2.57. The molecule has 5 rings (SSSR count). The maximum Gasteiger partial charge on any atom is 0.141 e. The van der Waals surface area contributed by atoms with Gasteiger partial charge in [-0.2, -0.15) is 0 Å². The Morgan fingerprint density at radius 3 is 2.65 bits per heavy atom. The average Bonchev–Trinajstić information content (AvgIpc) is 3.24. The fourth-order valence-corrected chi connectivity index (χ4v) is 7.80. The standard InChI is InChI=1S/C23H33NO2/c1-22-10-9-18-15(17(22)7-8-21(22)26)6-5-14-12-20(25)16(13-23(14,18)2)19-4-3-11-24-19/h5,15-19,24H,3-4,6-13H2,1-2H3. The van der Waals surface area contributed by atoms with E-state index in [0.717, 1.165) is 45.1 Å². The van der Waals surface area contributed by atoms with Gasteiger partial charge in [-0.25, -0.2) is 0 Å². The van der Waals surface area contributed by atoms with Crippen molar-refractivity contribution in [3.8, 4) is 0 Å². The quantitative estimate of drug-likeness (QED) is 0.721. The molecule has 142 valence electrons. The molecule has 0 bridgehead atoms. The molecule has 0 amide bonds. The van der Waals surface area contributed by atoms with E-state index < -0.39 is 0 Å². The number of allylic oxidation sites excluding steroid dienone is 2. The predicted molar refractivity (Wildman–Crippen MR) is 102 cm³/mol. The van der Waals surface area contributed by atoms with Gasteiger partial charge in [-0.15, -0.1) is 0 Å². The number of fused-ring (bicyclic) bond motifs is 5. The number of carbonyl (C=O) groups excluding carboxylic acids is 2. The Morgan fingerprint density at radius 1 is 1.08 bits per heavy atom. The van der Waals surface area contributed by atoms with Crippen LogP contribution in [0.2, 0.25) is 0 Å². The number of nitrogens with one attached hydrogen (secondary N) is 1. The van der Waals surface area contributed by atoms with E-state index in [0.29, 0.717) is 41.8 Å². The molecular formula is C23H33NO2. The van der Waals surface area contributed by atoms with Crippen molar-refractivity contribution in [2.75, 3.05) is 6.54 Å². The SMILES string of the molecule is CC12CCC3C(CC=C4CC(=O)C(C5CCCN5)CC43C)C1CCC2=O. The summed E-state index contributed by atoms with van der Waals surface area (Å²) < 4.78 is 0. The van der Waals surface area contributed by atoms with Gasteiger partial charge >= 0.3 is 0 Å². The molecule has 0 spiro atoms. The lowest BCUT2D eigenvalue weighted by Crippen LogP contribution is -2.53. The number of ketones is 2. The predicted octanol–water partition coefficient (Wildman–Crippen LogP) is 4.07. The van der Waals surface area contributed by atoms with Crippen LogP contribution in [0.5, 0.6) is 0 Å². The molecular weight excluding hydrogens is 322 g/mol. The fraction of sp³-hybridized carbons (Fsp3) is 0.826. The molecule has 3 heteroatoms. The van der Waals surface area contributed by atoms with E-state index in [1.54, 1.807) is 0 Å². The summed E-state index contributed by atoms with van der Waals surface area (Å²) in [7, 11) is 0. The van der Waals surface area contributed by atoms with Gasteiger partial charge in [0.25, 0.3) is 0 Å². The lowest BCUT2D eigenvalue weighted by molar-refractivity contribution is -0.133. The van der Waals surface area contributed by atoms with Crippen LogP contribution < -0.4 is 5.32 Å². The molecule has 0 aromatic rings. The normalized spacial score (nSPS) is 50.8. The van der Waals surface area contributed by atoms with Crippen molar-refractivity contribution in [3.05, 3.63) is 11.6 Å². The summed E-state index contributed by atoms with van der Waals surface area (Å²) in [6, 6.07) is 0.406. The molecule has 0 radical (unpaired) electrons. The third-order valence-corrected chi connectivity index (χ3v) is 9.34. The zero-order valence-electron chi connectivity index (χ0n) is 16.4. The van der Waals surface area contributed by atoms with Crippen molar-refractivity contribution in [2.24, 2.45) is 34.5 Å². The van der Waals surface area contributed by atoms with Crippen LogP contribution in [0.1, 0.15) is 71.6 Å². The summed E-state index contributed by atoms with van der Waals surface area (Å²) in [6.07, 6.45) is 11.8. The van der Waals surface area contributed by atoms with E-state index >= 15 is 0 Å². The number of rotatable bonds is 1. The van der Waals surface area contributed by atoms with Crippen molar-refractivity contribution in [3.63, 3.8) is 0 Å². The van der Waals surface area contributed by atoms with Crippen LogP contribution in [0.25, 0.3) is 0 Å². The van der Waals surface area contributed by atoms with E-state index in [-0.39, 0.29) is 16.7 Å². The van der Waals surface area contributed by atoms with Gasteiger partial charge in [0.15, 0.2) is 0 Å². The van der Waals surface area contributed by atoms with Crippen molar-refractivity contribution >= 4 is 11.6 Å². The zero-order valence-corrected chi connectivity index (χ0v) is 16.4. The Kier molecular flexibility index (Phi) is 3.81. The fourth-order valence-electron chi connectivity index (χ4n) is 7.80. The van der Waals surface area contributed by atoms with Gasteiger partial charge in [0, 0.05) is 30.2 Å². The maximum atomic E-state index is 12.9. The van der Waals surface area contributed by atoms with Crippen molar-refractivity contribution in [1.29, 1.82) is 0 Å². The first-order valence-corrected chi connectivity index (χ1v) is 10.9. The third kappa shape index (κ3) is 2.22. The average molecular weight is 356 g/mol. The second-order valence-electron chi connectivity index (χ2n) is 10.3. The minimum Gasteiger partial charge on any atom is -0.313 e. The molecule has 4 aliphatic carbocycles. The minimum absolute atomic E-state index is 0.0558. The molecule has 5 aliphatic rings. The zero-order chi connectivity index (χ0) is 18.1. The van der Waals surface area contributed by atoms with E-state index in [1.165, 1.54) is 18.4 Å². The number of carbonyl (C=O) groups is 2. The van der Waals surface area contributed by atoms with E-state index in [4.69, 9.17) is 0 Å². The Morgan fingerprint density at radius 2 is 1.88 bits per heavy atom. The molecule has 3 saturated carbocycles. The highest BCUT2D eigenvalue weighted by Crippen LogP contribution is 2.64. The molecule has 1 saturated heterocycles. The van der Waals surface area contributed by atoms with Gasteiger partial charge in [-0.05, 0) is 74.7 Å². The number of hydrogen-bond acceptors (Lipinski definition) is 3. The molecule has 1 N–H and O–H groups in total. The first-order valence-electron chi connectivity index (χ1n) is 10.9. The largest absolute Gasteiger partial charge is 0.313 e. The third-order valence-electron chi connectivity index (χ3n) is 9.34. The van der Waals surface area contributed by atoms with Crippen LogP contribution >= 0.6 is 0 Å². The van der Waals surface area contributed by atoms with Crippen LogP contribution in [-0.4, -0.2) is 24.2 Å². The monoisotopic (exact) mass is 355 g/mol. The van der Waals surface area contributed by atoms with Crippen LogP contribution in [0, 0.1) is 34.5 Å². The highest BCUT2D eigenvalue weighted by Gasteiger charge is 2.59. The van der Waals surface area contributed by atoms with Crippen molar-refractivity contribution in [1.82, 2.24) is 5.32 Å². The van der Waals surface area contributed by atoms with E-state index in [9.17, 15) is 9.59 Å². The summed E-state index contributed by atoms with van der Waals surface area (Å²) in [5.74, 6) is 3.10. The van der Waals surface area contributed by atoms with Crippen LogP contribution in [0.3, 0.4) is 0 Å². The second-order valence-corrected chi connectivity index (χ2v) is 10.3. The first kappa shape index (κ1) is 17.2. The first-order chi connectivity index (χ1) is 12.4. The number of Topliss-reactive ketones (excluding diaryl/α,β-unsaturated/α-hetero) is 2. The maximum absolute atomic E-state index is 12.9. The van der Waals surface area contributed by atoms with Gasteiger partial charge in [0.1, 0.15) is 11.6 Å². The molecule has 0 aromatic carbocycles. The Labute approximate surface area is 157 Å². The van der Waals surface area contributed by atoms with Gasteiger partial charge in [-0.3, -0.25) is 9.59 Å². The van der Waals surface area contributed by atoms with Crippen molar-refractivity contribution in [2.45, 2.75) is 77.7 Å². The molecule has 4 fully saturated rings. The Bertz CT molecular complexity index is 676. The van der Waals surface area contributed by atoms with E-state index in [2.05, 4.69) is 25.2 Å². The van der Waals surface area contributed by atoms with Crippen molar-refractivity contribution < 1.29 is 9.59 Å². The molecule has 0 aromatic heterocycles. The topological polar surface area (TPSA) is 46.2 Å². The minimum atomic E-state index is -0.0558. The summed E-state index contributed by atoms with van der Waals surface area (Å²) >= 11 is 0. The summed E-state index contributed by atoms with van der Waals surface area (Å²) in [5, 5.41) is 3.61. The van der Waals surface area contributed by atoms with Crippen LogP contribution in [-0.2, 0) is 9.59 Å². The smallest absolute Gasteiger partial charge is 0.141 e.